The molecule has 4 amide bonds. The SMILES string of the molecule is Cc1cc(N2CCC(CN3CCC(SN4CCN5C(/C=C(\N)c6ccccc6O)=C(N)NCC5C4)CC3)CC2)ccc1C(=O)N(C=O)C1CCC(=O)NC1=O. The number of phenolic OH excluding ortho intramolecular Hbond substituents is 1. The van der Waals surface area contributed by atoms with Crippen molar-refractivity contribution in [1.29, 1.82) is 0 Å². The molecule has 7 rings (SSSR count). The van der Waals surface area contributed by atoms with E-state index < -0.39 is 23.8 Å². The van der Waals surface area contributed by atoms with Gasteiger partial charge in [-0.2, -0.15) is 0 Å². The van der Waals surface area contributed by atoms with E-state index in [4.69, 9.17) is 11.5 Å². The second kappa shape index (κ2) is 17.0. The molecular weight excluding hydrogens is 719 g/mol. The molecule has 5 heterocycles. The minimum absolute atomic E-state index is 0.0899. The third kappa shape index (κ3) is 8.73. The smallest absolute Gasteiger partial charge is 0.261 e. The van der Waals surface area contributed by atoms with Crippen molar-refractivity contribution < 1.29 is 24.3 Å². The number of amides is 4. The molecule has 4 saturated heterocycles. The van der Waals surface area contributed by atoms with Gasteiger partial charge >= 0.3 is 0 Å². The number of hydrogen-bond acceptors (Lipinski definition) is 13. The van der Waals surface area contributed by atoms with Crippen LogP contribution in [0.5, 0.6) is 5.75 Å². The second-order valence-corrected chi connectivity index (χ2v) is 16.7. The molecule has 5 aliphatic rings. The van der Waals surface area contributed by atoms with Crippen molar-refractivity contribution in [3.05, 3.63) is 76.7 Å². The van der Waals surface area contributed by atoms with Gasteiger partial charge in [-0.15, -0.1) is 0 Å². The molecule has 7 N–H and O–H groups in total. The predicted octanol–water partition coefficient (Wildman–Crippen LogP) is 2.15. The highest BCUT2D eigenvalue weighted by atomic mass is 32.2. The number of rotatable bonds is 10. The number of phenols is 1. The molecule has 4 fully saturated rings. The highest BCUT2D eigenvalue weighted by Gasteiger charge is 2.36. The van der Waals surface area contributed by atoms with Crippen molar-refractivity contribution in [2.75, 3.05) is 63.8 Å². The van der Waals surface area contributed by atoms with Crippen molar-refractivity contribution in [1.82, 2.24) is 29.6 Å². The summed E-state index contributed by atoms with van der Waals surface area (Å²) < 4.78 is 2.54. The summed E-state index contributed by atoms with van der Waals surface area (Å²) in [6.45, 7) is 10.6. The van der Waals surface area contributed by atoms with Gasteiger partial charge in [0, 0.05) is 80.0 Å². The van der Waals surface area contributed by atoms with Crippen molar-refractivity contribution in [2.24, 2.45) is 17.4 Å². The summed E-state index contributed by atoms with van der Waals surface area (Å²) in [4.78, 5) is 57.3. The maximum absolute atomic E-state index is 13.3. The largest absolute Gasteiger partial charge is 0.507 e. The quantitative estimate of drug-likeness (QED) is 0.135. The molecule has 14 nitrogen and oxygen atoms in total. The number of fused-ring (bicyclic) bond motifs is 1. The number of hydrogen-bond donors (Lipinski definition) is 5. The number of aromatic hydroxyl groups is 1. The number of piperazine rings is 1. The number of nitrogens with zero attached hydrogens (tertiary/aromatic N) is 5. The Morgan fingerprint density at radius 2 is 1.76 bits per heavy atom. The molecule has 0 aromatic heterocycles. The van der Waals surface area contributed by atoms with Gasteiger partial charge in [0.15, 0.2) is 0 Å². The lowest BCUT2D eigenvalue weighted by Gasteiger charge is -2.47. The van der Waals surface area contributed by atoms with Crippen LogP contribution in [0.1, 0.15) is 60.0 Å². The highest BCUT2D eigenvalue weighted by Crippen LogP contribution is 2.33. The number of imide groups is 2. The molecule has 294 valence electrons. The molecule has 2 unspecified atom stereocenters. The van der Waals surface area contributed by atoms with Gasteiger partial charge in [0.1, 0.15) is 17.6 Å². The average Bonchev–Trinajstić information content (AvgIpc) is 3.18. The third-order valence-corrected chi connectivity index (χ3v) is 13.1. The Kier molecular flexibility index (Phi) is 11.9. The molecule has 2 aromatic rings. The maximum Gasteiger partial charge on any atom is 0.261 e. The van der Waals surface area contributed by atoms with Crippen LogP contribution in [-0.4, -0.2) is 124 Å². The van der Waals surface area contributed by atoms with Gasteiger partial charge in [0.2, 0.25) is 18.2 Å². The Morgan fingerprint density at radius 1 is 1.00 bits per heavy atom. The number of nitrogens with two attached hydrogens (primary N) is 2. The number of carbonyl (C=O) groups excluding carboxylic acids is 4. The monoisotopic (exact) mass is 771 g/mol. The summed E-state index contributed by atoms with van der Waals surface area (Å²) in [6.07, 6.45) is 7.07. The first-order valence-electron chi connectivity index (χ1n) is 19.4. The number of benzene rings is 2. The Morgan fingerprint density at radius 3 is 2.47 bits per heavy atom. The Hall–Kier alpha value is -4.73. The van der Waals surface area contributed by atoms with E-state index in [0.717, 1.165) is 93.6 Å². The third-order valence-electron chi connectivity index (χ3n) is 11.7. The predicted molar refractivity (Wildman–Crippen MR) is 213 cm³/mol. The molecule has 0 saturated carbocycles. The van der Waals surface area contributed by atoms with Crippen LogP contribution in [0, 0.1) is 12.8 Å². The Bertz CT molecular complexity index is 1840. The highest BCUT2D eigenvalue weighted by molar-refractivity contribution is 7.97. The van der Waals surface area contributed by atoms with Gasteiger partial charge in [-0.05, 0) is 100 Å². The number of para-hydroxylation sites is 1. The van der Waals surface area contributed by atoms with Gasteiger partial charge in [0.05, 0.1) is 11.7 Å². The van der Waals surface area contributed by atoms with Crippen LogP contribution in [-0.2, 0) is 14.4 Å². The number of piperidine rings is 3. The molecule has 2 atom stereocenters. The zero-order valence-electron chi connectivity index (χ0n) is 31.5. The zero-order valence-corrected chi connectivity index (χ0v) is 32.3. The van der Waals surface area contributed by atoms with Crippen LogP contribution in [0.4, 0.5) is 5.69 Å². The summed E-state index contributed by atoms with van der Waals surface area (Å²) in [5, 5.41) is 16.5. The normalized spacial score (nSPS) is 23.6. The number of allylic oxidation sites excluding steroid dienone is 1. The fourth-order valence-corrected chi connectivity index (χ4v) is 9.86. The van der Waals surface area contributed by atoms with Gasteiger partial charge < -0.3 is 36.6 Å². The van der Waals surface area contributed by atoms with E-state index in [2.05, 4.69) is 29.6 Å². The molecule has 15 heteroatoms. The van der Waals surface area contributed by atoms with Gasteiger partial charge in [-0.25, -0.2) is 4.31 Å². The van der Waals surface area contributed by atoms with Crippen molar-refractivity contribution in [3.8, 4) is 5.75 Å². The summed E-state index contributed by atoms with van der Waals surface area (Å²) in [5.41, 5.74) is 17.0. The summed E-state index contributed by atoms with van der Waals surface area (Å²) in [5.74, 6) is -0.129. The fourth-order valence-electron chi connectivity index (χ4n) is 8.57. The molecule has 0 bridgehead atoms. The van der Waals surface area contributed by atoms with E-state index in [1.165, 1.54) is 12.8 Å². The molecule has 0 radical (unpaired) electrons. The molecule has 5 aliphatic heterocycles. The van der Waals surface area contributed by atoms with Gasteiger partial charge in [-0.1, -0.05) is 24.1 Å². The molecule has 2 aromatic carbocycles. The minimum Gasteiger partial charge on any atom is -0.507 e. The van der Waals surface area contributed by atoms with E-state index in [-0.39, 0.29) is 24.6 Å². The van der Waals surface area contributed by atoms with Gasteiger partial charge in [-0.3, -0.25) is 29.4 Å². The molecule has 0 spiro atoms. The van der Waals surface area contributed by atoms with Crippen LogP contribution in [0.15, 0.2) is 60.1 Å². The van der Waals surface area contributed by atoms with E-state index in [0.29, 0.717) is 40.2 Å². The summed E-state index contributed by atoms with van der Waals surface area (Å²) >= 11 is 2.03. The fraction of sp³-hybridized carbons (Fsp3) is 0.500. The lowest BCUT2D eigenvalue weighted by molar-refractivity contribution is -0.139. The number of aryl methyl sites for hydroxylation is 1. The zero-order chi connectivity index (χ0) is 38.6. The van der Waals surface area contributed by atoms with E-state index >= 15 is 0 Å². The first kappa shape index (κ1) is 38.5. The van der Waals surface area contributed by atoms with Crippen LogP contribution in [0.25, 0.3) is 5.70 Å². The number of nitrogens with one attached hydrogen (secondary N) is 2. The Balaban J connectivity index is 0.842. The minimum atomic E-state index is -0.985. The molecule has 0 aliphatic carbocycles. The Labute approximate surface area is 327 Å². The lowest BCUT2D eigenvalue weighted by atomic mass is 9.94. The van der Waals surface area contributed by atoms with E-state index in [1.807, 2.05) is 49.2 Å². The van der Waals surface area contributed by atoms with Crippen LogP contribution < -0.4 is 27.0 Å². The second-order valence-electron chi connectivity index (χ2n) is 15.4. The van der Waals surface area contributed by atoms with Crippen LogP contribution in [0.3, 0.4) is 0 Å². The standard InChI is InChI=1S/C40H53N9O5S/c1-26-20-28(6-7-31(26)40(54)49(25-50)34-8-9-37(52)44-39(34)53)46-16-10-27(11-17-46)23-45-14-12-30(13-15-45)55-47-18-19-48-29(24-47)22-43-38(42)35(48)21-33(41)32-4-2-3-5-36(32)51/h2-7,20-21,25,27,29-30,34,43,51H,8-19,22-24,41-42H2,1H3,(H,44,52,53)/b33-21-. The topological polar surface area (TPSA) is 181 Å². The van der Waals surface area contributed by atoms with Crippen molar-refractivity contribution >= 4 is 47.5 Å². The molecular formula is C40H53N9O5S. The van der Waals surface area contributed by atoms with Crippen LogP contribution >= 0.6 is 11.9 Å². The van der Waals surface area contributed by atoms with Gasteiger partial charge in [0.25, 0.3) is 5.91 Å². The molecule has 55 heavy (non-hydrogen) atoms. The number of likely N-dealkylation sites (tertiary alicyclic amines) is 1. The maximum atomic E-state index is 13.3. The van der Waals surface area contributed by atoms with Crippen molar-refractivity contribution in [2.45, 2.75) is 62.8 Å². The summed E-state index contributed by atoms with van der Waals surface area (Å²) in [7, 11) is 0. The number of carbonyl (C=O) groups is 4. The van der Waals surface area contributed by atoms with Crippen molar-refractivity contribution in [3.63, 3.8) is 0 Å². The first-order valence-corrected chi connectivity index (χ1v) is 20.3. The lowest BCUT2D eigenvalue weighted by Crippen LogP contribution is -2.58. The average molecular weight is 772 g/mol. The van der Waals surface area contributed by atoms with Crippen LogP contribution in [0.2, 0.25) is 0 Å². The van der Waals surface area contributed by atoms with E-state index in [1.54, 1.807) is 18.2 Å². The first-order chi connectivity index (χ1) is 26.6. The summed E-state index contributed by atoms with van der Waals surface area (Å²) in [6, 6.07) is 12.0. The van der Waals surface area contributed by atoms with E-state index in [9.17, 15) is 24.3 Å². The number of anilines is 1.